The van der Waals surface area contributed by atoms with Crippen molar-refractivity contribution in [3.63, 3.8) is 0 Å². The van der Waals surface area contributed by atoms with Gasteiger partial charge < -0.3 is 14.7 Å². The van der Waals surface area contributed by atoms with Crippen molar-refractivity contribution in [3.05, 3.63) is 35.4 Å². The Morgan fingerprint density at radius 3 is 2.03 bits per heavy atom. The number of halogens is 6. The maximum atomic E-state index is 12.7. The van der Waals surface area contributed by atoms with Gasteiger partial charge in [-0.3, -0.25) is 4.90 Å². The van der Waals surface area contributed by atoms with E-state index in [1.807, 2.05) is 0 Å². The number of carboxylic acid groups (broad SMARTS) is 1. The fourth-order valence-corrected chi connectivity index (χ4v) is 4.38. The maximum absolute atomic E-state index is 12.7. The number of alkyl halides is 6. The first-order valence-corrected chi connectivity index (χ1v) is 9.98. The van der Waals surface area contributed by atoms with E-state index in [0.717, 1.165) is 29.8 Å². The Hall–Kier alpha value is -2.50. The van der Waals surface area contributed by atoms with Crippen LogP contribution < -0.4 is 0 Å². The number of ether oxygens (including phenoxy) is 1. The van der Waals surface area contributed by atoms with E-state index >= 15 is 0 Å². The fourth-order valence-electron chi connectivity index (χ4n) is 4.38. The van der Waals surface area contributed by atoms with Crippen LogP contribution in [0.4, 0.5) is 31.1 Å². The minimum absolute atomic E-state index is 0.0181. The van der Waals surface area contributed by atoms with Crippen LogP contribution in [0.25, 0.3) is 0 Å². The van der Waals surface area contributed by atoms with E-state index < -0.39 is 30.5 Å². The van der Waals surface area contributed by atoms with Crippen molar-refractivity contribution < 1.29 is 45.8 Å². The summed E-state index contributed by atoms with van der Waals surface area (Å²) in [6.45, 7) is 1.23. The van der Waals surface area contributed by atoms with Gasteiger partial charge in [0, 0.05) is 25.2 Å². The van der Waals surface area contributed by atoms with Crippen molar-refractivity contribution in [2.75, 3.05) is 19.6 Å². The number of rotatable bonds is 4. The monoisotopic (exact) mass is 468 g/mol. The number of carboxylic acids is 1. The average molecular weight is 468 g/mol. The summed E-state index contributed by atoms with van der Waals surface area (Å²) in [5, 5.41) is 8.99. The molecule has 0 aromatic heterocycles. The zero-order chi connectivity index (χ0) is 23.7. The van der Waals surface area contributed by atoms with Crippen molar-refractivity contribution in [1.29, 1.82) is 0 Å². The number of carbonyl (C=O) groups is 2. The quantitative estimate of drug-likeness (QED) is 0.662. The molecule has 2 aliphatic heterocycles. The molecule has 2 fully saturated rings. The highest BCUT2D eigenvalue weighted by molar-refractivity contribution is 5.87. The largest absolute Gasteiger partial charge is 0.478 e. The summed E-state index contributed by atoms with van der Waals surface area (Å²) in [6, 6.07) is 6.40. The highest BCUT2D eigenvalue weighted by Crippen LogP contribution is 2.40. The third-order valence-corrected chi connectivity index (χ3v) is 6.08. The third-order valence-electron chi connectivity index (χ3n) is 6.08. The summed E-state index contributed by atoms with van der Waals surface area (Å²) >= 11 is 0. The maximum Gasteiger partial charge on any atom is 0.434 e. The molecule has 0 saturated carbocycles. The van der Waals surface area contributed by atoms with Crippen molar-refractivity contribution in [2.24, 2.45) is 0 Å². The first-order valence-electron chi connectivity index (χ1n) is 9.98. The molecule has 2 aliphatic rings. The summed E-state index contributed by atoms with van der Waals surface area (Å²) in [7, 11) is 0. The number of piperidine rings is 1. The molecular formula is C20H22F6N2O4. The van der Waals surface area contributed by atoms with Crippen LogP contribution in [0.15, 0.2) is 24.3 Å². The number of hydrogen-bond donors (Lipinski definition) is 1. The molecule has 0 bridgehead atoms. The average Bonchev–Trinajstić information content (AvgIpc) is 3.06. The molecule has 178 valence electrons. The fraction of sp³-hybridized carbons (Fsp3) is 0.600. The van der Waals surface area contributed by atoms with Crippen LogP contribution >= 0.6 is 0 Å². The molecule has 12 heteroatoms. The smallest absolute Gasteiger partial charge is 0.434 e. The van der Waals surface area contributed by atoms with E-state index in [1.54, 1.807) is 12.1 Å². The molecule has 2 saturated heterocycles. The van der Waals surface area contributed by atoms with Gasteiger partial charge in [-0.1, -0.05) is 12.1 Å². The van der Waals surface area contributed by atoms with Gasteiger partial charge >= 0.3 is 24.4 Å². The van der Waals surface area contributed by atoms with Gasteiger partial charge in [-0.25, -0.2) is 9.59 Å². The number of hydrogen-bond acceptors (Lipinski definition) is 4. The number of nitrogens with zero attached hydrogens (tertiary/aromatic N) is 2. The molecule has 1 N–H and O–H groups in total. The molecule has 0 atom stereocenters. The highest BCUT2D eigenvalue weighted by Gasteiger charge is 2.60. The molecular weight excluding hydrogens is 446 g/mol. The van der Waals surface area contributed by atoms with Gasteiger partial charge in [0.1, 0.15) is 0 Å². The lowest BCUT2D eigenvalue weighted by molar-refractivity contribution is -0.308. The van der Waals surface area contributed by atoms with Gasteiger partial charge in [-0.15, -0.1) is 0 Å². The molecule has 1 spiro atoms. The topological polar surface area (TPSA) is 70.1 Å². The van der Waals surface area contributed by atoms with Crippen LogP contribution in [0, 0.1) is 0 Å². The molecule has 0 radical (unpaired) electrons. The van der Waals surface area contributed by atoms with Gasteiger partial charge in [0.2, 0.25) is 0 Å². The van der Waals surface area contributed by atoms with Crippen LogP contribution in [0.2, 0.25) is 0 Å². The Labute approximate surface area is 179 Å². The summed E-state index contributed by atoms with van der Waals surface area (Å²) in [5.74, 6) is -1.04. The van der Waals surface area contributed by atoms with Gasteiger partial charge in [-0.05, 0) is 49.9 Å². The van der Waals surface area contributed by atoms with Gasteiger partial charge in [0.05, 0.1) is 5.56 Å². The van der Waals surface area contributed by atoms with Crippen LogP contribution in [-0.2, 0) is 11.3 Å². The van der Waals surface area contributed by atoms with E-state index in [-0.39, 0.29) is 24.2 Å². The van der Waals surface area contributed by atoms with E-state index in [1.165, 1.54) is 12.1 Å². The van der Waals surface area contributed by atoms with Crippen LogP contribution in [-0.4, -0.2) is 70.6 Å². The first kappa shape index (κ1) is 24.1. The third kappa shape index (κ3) is 5.28. The first-order chi connectivity index (χ1) is 14.8. The van der Waals surface area contributed by atoms with Crippen LogP contribution in [0.1, 0.15) is 41.6 Å². The van der Waals surface area contributed by atoms with E-state index in [9.17, 15) is 35.9 Å². The molecule has 2 heterocycles. The summed E-state index contributed by atoms with van der Waals surface area (Å²) in [4.78, 5) is 26.1. The van der Waals surface area contributed by atoms with E-state index in [2.05, 4.69) is 9.64 Å². The van der Waals surface area contributed by atoms with Gasteiger partial charge in [-0.2, -0.15) is 26.3 Å². The van der Waals surface area contributed by atoms with Gasteiger partial charge in [0.15, 0.2) is 0 Å². The Morgan fingerprint density at radius 1 is 0.969 bits per heavy atom. The minimum Gasteiger partial charge on any atom is -0.478 e. The summed E-state index contributed by atoms with van der Waals surface area (Å²) in [6.07, 6.45) is -14.9. The lowest BCUT2D eigenvalue weighted by Gasteiger charge is -2.45. The van der Waals surface area contributed by atoms with Gasteiger partial charge in [0.25, 0.3) is 6.10 Å². The summed E-state index contributed by atoms with van der Waals surface area (Å²) in [5.41, 5.74) is 0.722. The van der Waals surface area contributed by atoms with E-state index in [0.29, 0.717) is 19.4 Å². The lowest BCUT2D eigenvalue weighted by Crippen LogP contribution is -2.54. The van der Waals surface area contributed by atoms with Crippen LogP contribution in [0.5, 0.6) is 0 Å². The van der Waals surface area contributed by atoms with Crippen molar-refractivity contribution in [3.8, 4) is 0 Å². The number of aromatic carboxylic acids is 1. The minimum atomic E-state index is -5.75. The lowest BCUT2D eigenvalue weighted by atomic mass is 9.85. The number of amides is 1. The molecule has 1 aromatic carbocycles. The zero-order valence-electron chi connectivity index (χ0n) is 16.9. The Bertz CT molecular complexity index is 818. The van der Waals surface area contributed by atoms with E-state index in [4.69, 9.17) is 5.11 Å². The predicted octanol–water partition coefficient (Wildman–Crippen LogP) is 4.45. The molecule has 0 unspecified atom stereocenters. The molecule has 1 amide bonds. The Morgan fingerprint density at radius 2 is 1.53 bits per heavy atom. The Kier molecular flexibility index (Phi) is 6.64. The van der Waals surface area contributed by atoms with Crippen molar-refractivity contribution >= 4 is 12.1 Å². The second-order valence-corrected chi connectivity index (χ2v) is 8.09. The molecule has 3 rings (SSSR count). The molecule has 6 nitrogen and oxygen atoms in total. The SMILES string of the molecule is O=C(O)c1ccc(CN2CCCC23CCN(C(=O)OC(C(F)(F)F)C(F)(F)F)CC3)cc1. The Balaban J connectivity index is 1.61. The number of benzene rings is 1. The van der Waals surface area contributed by atoms with Crippen molar-refractivity contribution in [2.45, 2.75) is 56.2 Å². The number of likely N-dealkylation sites (tertiary alicyclic amines) is 2. The highest BCUT2D eigenvalue weighted by atomic mass is 19.4. The second-order valence-electron chi connectivity index (χ2n) is 8.09. The normalized spacial score (nSPS) is 19.5. The zero-order valence-corrected chi connectivity index (χ0v) is 16.9. The van der Waals surface area contributed by atoms with Crippen LogP contribution in [0.3, 0.4) is 0 Å². The molecule has 1 aromatic rings. The standard InChI is InChI=1S/C20H22F6N2O4/c21-19(22,23)16(20(24,25)26)32-17(31)27-10-7-18(8-11-27)6-1-9-28(18)12-13-2-4-14(5-3-13)15(29)30/h2-5,16H,1,6-12H2,(H,29,30). The molecule has 0 aliphatic carbocycles. The molecule has 32 heavy (non-hydrogen) atoms. The van der Waals surface area contributed by atoms with Crippen molar-refractivity contribution in [1.82, 2.24) is 9.80 Å². The summed E-state index contributed by atoms with van der Waals surface area (Å²) < 4.78 is 79.7. The second kappa shape index (κ2) is 8.80. The number of carbonyl (C=O) groups excluding carboxylic acids is 1. The predicted molar refractivity (Wildman–Crippen MR) is 99.0 cm³/mol.